The molecule has 1 aliphatic carbocycles. The summed E-state index contributed by atoms with van der Waals surface area (Å²) in [4.78, 5) is 11.2. The van der Waals surface area contributed by atoms with Crippen LogP contribution in [0.25, 0.3) is 17.0 Å². The number of allylic oxidation sites excluding steroid dienone is 1. The number of hydrogen-bond donors (Lipinski definition) is 1. The Hall–Kier alpha value is -2.36. The molecule has 23 heavy (non-hydrogen) atoms. The number of amidine groups is 1. The molecule has 0 atom stereocenters. The Morgan fingerprint density at radius 1 is 1.35 bits per heavy atom. The van der Waals surface area contributed by atoms with Gasteiger partial charge in [0.15, 0.2) is 0 Å². The van der Waals surface area contributed by atoms with Gasteiger partial charge in [-0.2, -0.15) is 0 Å². The monoisotopic (exact) mass is 308 g/mol. The maximum absolute atomic E-state index is 4.84. The van der Waals surface area contributed by atoms with Crippen molar-refractivity contribution in [1.29, 1.82) is 0 Å². The highest BCUT2D eigenvalue weighted by atomic mass is 15.2. The summed E-state index contributed by atoms with van der Waals surface area (Å²) in [5, 5.41) is 4.83. The summed E-state index contributed by atoms with van der Waals surface area (Å²) < 4.78 is 0. The zero-order valence-corrected chi connectivity index (χ0v) is 14.1. The number of likely N-dealkylation sites (N-methyl/N-ethyl adjacent to an activating group) is 1. The lowest BCUT2D eigenvalue weighted by molar-refractivity contribution is 0.519. The van der Waals surface area contributed by atoms with Crippen LogP contribution in [0, 0.1) is 0 Å². The fraction of sp³-hybridized carbons (Fsp3) is 0.368. The Kier molecular flexibility index (Phi) is 4.60. The summed E-state index contributed by atoms with van der Waals surface area (Å²) in [6.07, 6.45) is 6.55. The SMILES string of the molecule is CN=C(C)N(C)CCNc1c2c(nc3ccccc13)CCC=C2. The number of rotatable bonds is 4. The van der Waals surface area contributed by atoms with Crippen molar-refractivity contribution in [1.82, 2.24) is 9.88 Å². The summed E-state index contributed by atoms with van der Waals surface area (Å²) in [6, 6.07) is 8.38. The average Bonchev–Trinajstić information content (AvgIpc) is 2.60. The number of pyridine rings is 1. The molecule has 120 valence electrons. The molecule has 0 saturated carbocycles. The molecule has 0 bridgehead atoms. The van der Waals surface area contributed by atoms with Crippen LogP contribution in [0.15, 0.2) is 35.3 Å². The van der Waals surface area contributed by atoms with E-state index in [1.165, 1.54) is 22.3 Å². The van der Waals surface area contributed by atoms with Crippen LogP contribution in [0.4, 0.5) is 5.69 Å². The van der Waals surface area contributed by atoms with Gasteiger partial charge in [-0.25, -0.2) is 0 Å². The lowest BCUT2D eigenvalue weighted by Crippen LogP contribution is -2.29. The number of para-hydroxylation sites is 1. The van der Waals surface area contributed by atoms with Crippen molar-refractivity contribution in [2.24, 2.45) is 4.99 Å². The molecule has 3 rings (SSSR count). The minimum absolute atomic E-state index is 0.873. The van der Waals surface area contributed by atoms with E-state index in [2.05, 4.69) is 58.7 Å². The van der Waals surface area contributed by atoms with Gasteiger partial charge in [0.25, 0.3) is 0 Å². The molecule has 4 heteroatoms. The third kappa shape index (κ3) is 3.21. The van der Waals surface area contributed by atoms with Crippen LogP contribution in [0.1, 0.15) is 24.6 Å². The Morgan fingerprint density at radius 2 is 2.17 bits per heavy atom. The molecule has 0 unspecified atom stereocenters. The summed E-state index contributed by atoms with van der Waals surface area (Å²) in [5.74, 6) is 1.05. The molecular formula is C19H24N4. The predicted octanol–water partition coefficient (Wildman–Crippen LogP) is 3.59. The number of aromatic nitrogens is 1. The minimum atomic E-state index is 0.873. The number of benzene rings is 1. The van der Waals surface area contributed by atoms with Gasteiger partial charge in [0.1, 0.15) is 0 Å². The second-order valence-corrected chi connectivity index (χ2v) is 5.92. The number of aliphatic imine (C=N–C) groups is 1. The lowest BCUT2D eigenvalue weighted by Gasteiger charge is -2.21. The molecule has 1 N–H and O–H groups in total. The summed E-state index contributed by atoms with van der Waals surface area (Å²) in [7, 11) is 3.90. The van der Waals surface area contributed by atoms with Gasteiger partial charge in [0.05, 0.1) is 22.7 Å². The lowest BCUT2D eigenvalue weighted by atomic mass is 9.98. The predicted molar refractivity (Wildman–Crippen MR) is 99.3 cm³/mol. The molecule has 0 aliphatic heterocycles. The molecule has 0 fully saturated rings. The highest BCUT2D eigenvalue weighted by molar-refractivity contribution is 5.96. The Labute approximate surface area is 137 Å². The quantitative estimate of drug-likeness (QED) is 0.693. The van der Waals surface area contributed by atoms with Crippen molar-refractivity contribution in [3.8, 4) is 0 Å². The van der Waals surface area contributed by atoms with Gasteiger partial charge in [0, 0.05) is 38.1 Å². The molecule has 4 nitrogen and oxygen atoms in total. The maximum Gasteiger partial charge on any atom is 0.0952 e. The third-order valence-corrected chi connectivity index (χ3v) is 4.47. The van der Waals surface area contributed by atoms with E-state index >= 15 is 0 Å². The van der Waals surface area contributed by atoms with Gasteiger partial charge in [-0.05, 0) is 25.8 Å². The first-order valence-corrected chi connectivity index (χ1v) is 8.17. The molecule has 1 aromatic heterocycles. The van der Waals surface area contributed by atoms with Crippen LogP contribution in [0.5, 0.6) is 0 Å². The smallest absolute Gasteiger partial charge is 0.0952 e. The number of nitrogens with zero attached hydrogens (tertiary/aromatic N) is 3. The molecule has 1 aliphatic rings. The van der Waals surface area contributed by atoms with Crippen LogP contribution in [0.3, 0.4) is 0 Å². The number of fused-ring (bicyclic) bond motifs is 2. The Bertz CT molecular complexity index is 761. The Morgan fingerprint density at radius 3 is 3.00 bits per heavy atom. The van der Waals surface area contributed by atoms with Gasteiger partial charge < -0.3 is 10.2 Å². The summed E-state index contributed by atoms with van der Waals surface area (Å²) in [6.45, 7) is 3.82. The minimum Gasteiger partial charge on any atom is -0.382 e. The Balaban J connectivity index is 1.89. The number of hydrogen-bond acceptors (Lipinski definition) is 3. The highest BCUT2D eigenvalue weighted by Gasteiger charge is 2.14. The normalized spacial score (nSPS) is 14.0. The van der Waals surface area contributed by atoms with E-state index in [-0.39, 0.29) is 0 Å². The van der Waals surface area contributed by atoms with Crippen molar-refractivity contribution >= 4 is 28.5 Å². The van der Waals surface area contributed by atoms with Crippen molar-refractivity contribution in [3.63, 3.8) is 0 Å². The second kappa shape index (κ2) is 6.82. The zero-order valence-electron chi connectivity index (χ0n) is 14.1. The molecule has 0 spiro atoms. The topological polar surface area (TPSA) is 40.5 Å². The average molecular weight is 308 g/mol. The molecule has 1 aromatic carbocycles. The van der Waals surface area contributed by atoms with Crippen molar-refractivity contribution in [2.45, 2.75) is 19.8 Å². The van der Waals surface area contributed by atoms with E-state index in [9.17, 15) is 0 Å². The maximum atomic E-state index is 4.84. The van der Waals surface area contributed by atoms with E-state index in [0.29, 0.717) is 0 Å². The second-order valence-electron chi connectivity index (χ2n) is 5.92. The van der Waals surface area contributed by atoms with Gasteiger partial charge in [-0.15, -0.1) is 0 Å². The van der Waals surface area contributed by atoms with E-state index in [1.807, 2.05) is 14.0 Å². The first kappa shape index (κ1) is 15.5. The molecule has 0 amide bonds. The van der Waals surface area contributed by atoms with Crippen molar-refractivity contribution in [2.75, 3.05) is 32.5 Å². The fourth-order valence-corrected chi connectivity index (χ4v) is 2.94. The molecule has 2 aromatic rings. The zero-order chi connectivity index (χ0) is 16.2. The van der Waals surface area contributed by atoms with E-state index in [4.69, 9.17) is 4.98 Å². The number of aryl methyl sites for hydroxylation is 1. The van der Waals surface area contributed by atoms with Crippen molar-refractivity contribution < 1.29 is 0 Å². The number of anilines is 1. The van der Waals surface area contributed by atoms with Crippen LogP contribution >= 0.6 is 0 Å². The first-order chi connectivity index (χ1) is 11.2. The highest BCUT2D eigenvalue weighted by Crippen LogP contribution is 2.32. The van der Waals surface area contributed by atoms with Crippen LogP contribution in [-0.2, 0) is 6.42 Å². The third-order valence-electron chi connectivity index (χ3n) is 4.47. The van der Waals surface area contributed by atoms with Gasteiger partial charge in [-0.3, -0.25) is 9.98 Å². The van der Waals surface area contributed by atoms with Crippen LogP contribution in [0.2, 0.25) is 0 Å². The summed E-state index contributed by atoms with van der Waals surface area (Å²) >= 11 is 0. The van der Waals surface area contributed by atoms with Gasteiger partial charge in [-0.1, -0.05) is 30.4 Å². The van der Waals surface area contributed by atoms with Gasteiger partial charge in [0.2, 0.25) is 0 Å². The largest absolute Gasteiger partial charge is 0.382 e. The van der Waals surface area contributed by atoms with E-state index in [1.54, 1.807) is 0 Å². The van der Waals surface area contributed by atoms with Gasteiger partial charge >= 0.3 is 0 Å². The standard InChI is InChI=1S/C19H24N4/c1-14(20-2)23(3)13-12-21-19-15-8-4-6-10-17(15)22-18-11-7-5-9-16(18)19/h4-6,8-10H,7,11-13H2,1-3H3,(H,21,22). The van der Waals surface area contributed by atoms with Crippen LogP contribution in [-0.4, -0.2) is 42.9 Å². The van der Waals surface area contributed by atoms with Crippen LogP contribution < -0.4 is 5.32 Å². The van der Waals surface area contributed by atoms with E-state index < -0.39 is 0 Å². The van der Waals surface area contributed by atoms with Crippen molar-refractivity contribution in [3.05, 3.63) is 41.6 Å². The molecule has 1 heterocycles. The molecule has 0 saturated heterocycles. The molecule has 0 radical (unpaired) electrons. The fourth-order valence-electron chi connectivity index (χ4n) is 2.94. The number of nitrogens with one attached hydrogen (secondary N) is 1. The summed E-state index contributed by atoms with van der Waals surface area (Å²) in [5.41, 5.74) is 4.73. The first-order valence-electron chi connectivity index (χ1n) is 8.17. The molecular weight excluding hydrogens is 284 g/mol. The van der Waals surface area contributed by atoms with E-state index in [0.717, 1.165) is 37.3 Å².